The topological polar surface area (TPSA) is 40.1 Å². The van der Waals surface area contributed by atoms with Gasteiger partial charge < -0.3 is 19.9 Å². The first-order valence-corrected chi connectivity index (χ1v) is 9.62. The molecule has 1 saturated heterocycles. The van der Waals surface area contributed by atoms with Gasteiger partial charge in [0, 0.05) is 32.8 Å². The van der Waals surface area contributed by atoms with E-state index in [4.69, 9.17) is 9.73 Å². The average Bonchev–Trinajstić information content (AvgIpc) is 2.58. The molecule has 144 valence electrons. The van der Waals surface area contributed by atoms with Gasteiger partial charge in [0.05, 0.1) is 6.10 Å². The van der Waals surface area contributed by atoms with Gasteiger partial charge in [-0.1, -0.05) is 13.8 Å². The molecule has 0 radical (unpaired) electrons. The van der Waals surface area contributed by atoms with Crippen molar-refractivity contribution in [1.82, 2.24) is 15.1 Å². The highest BCUT2D eigenvalue weighted by Crippen LogP contribution is 2.13. The van der Waals surface area contributed by atoms with Crippen molar-refractivity contribution >= 4 is 29.9 Å². The third-order valence-corrected chi connectivity index (χ3v) is 4.52. The minimum atomic E-state index is 0. The molecule has 0 bridgehead atoms. The summed E-state index contributed by atoms with van der Waals surface area (Å²) in [6, 6.07) is 0. The molecular weight excluding hydrogens is 415 g/mol. The highest BCUT2D eigenvalue weighted by Gasteiger charge is 2.21. The summed E-state index contributed by atoms with van der Waals surface area (Å²) in [7, 11) is 0. The van der Waals surface area contributed by atoms with E-state index in [1.807, 2.05) is 0 Å². The lowest BCUT2D eigenvalue weighted by Gasteiger charge is -2.34. The van der Waals surface area contributed by atoms with E-state index < -0.39 is 0 Å². The molecule has 0 aliphatic carbocycles. The zero-order valence-electron chi connectivity index (χ0n) is 16.2. The van der Waals surface area contributed by atoms with Gasteiger partial charge in [-0.2, -0.15) is 0 Å². The summed E-state index contributed by atoms with van der Waals surface area (Å²) >= 11 is 0. The molecule has 0 unspecified atom stereocenters. The molecule has 5 nitrogen and oxygen atoms in total. The van der Waals surface area contributed by atoms with Crippen LogP contribution in [0.5, 0.6) is 0 Å². The van der Waals surface area contributed by atoms with Crippen LogP contribution in [0.3, 0.4) is 0 Å². The third kappa shape index (κ3) is 9.42. The van der Waals surface area contributed by atoms with Gasteiger partial charge in [-0.25, -0.2) is 0 Å². The number of unbranched alkanes of at least 4 members (excludes halogenated alkanes) is 1. The summed E-state index contributed by atoms with van der Waals surface area (Å²) in [4.78, 5) is 9.70. The summed E-state index contributed by atoms with van der Waals surface area (Å²) in [5.74, 6) is 1.09. The van der Waals surface area contributed by atoms with Gasteiger partial charge in [0.1, 0.15) is 0 Å². The van der Waals surface area contributed by atoms with E-state index in [1.54, 1.807) is 0 Å². The van der Waals surface area contributed by atoms with Crippen molar-refractivity contribution in [2.75, 3.05) is 52.4 Å². The molecule has 24 heavy (non-hydrogen) atoms. The van der Waals surface area contributed by atoms with Gasteiger partial charge >= 0.3 is 0 Å². The average molecular weight is 454 g/mol. The fourth-order valence-electron chi connectivity index (χ4n) is 3.07. The number of halogens is 1. The first kappa shape index (κ1) is 23.9. The molecular formula is C18H39IN4O. The molecule has 0 aromatic carbocycles. The zero-order valence-corrected chi connectivity index (χ0v) is 18.6. The molecule has 1 aliphatic heterocycles. The van der Waals surface area contributed by atoms with E-state index in [1.165, 1.54) is 19.4 Å². The molecule has 0 atom stereocenters. The van der Waals surface area contributed by atoms with E-state index in [0.29, 0.717) is 6.10 Å². The summed E-state index contributed by atoms with van der Waals surface area (Å²) in [5.41, 5.74) is 0. The smallest absolute Gasteiger partial charge is 0.193 e. The van der Waals surface area contributed by atoms with Crippen LogP contribution in [0.15, 0.2) is 4.99 Å². The Morgan fingerprint density at radius 1 is 1.12 bits per heavy atom. The second kappa shape index (κ2) is 15.2. The molecule has 0 amide bonds. The van der Waals surface area contributed by atoms with Gasteiger partial charge in [0.25, 0.3) is 0 Å². The van der Waals surface area contributed by atoms with Gasteiger partial charge in [-0.05, 0) is 59.2 Å². The molecule has 6 heteroatoms. The summed E-state index contributed by atoms with van der Waals surface area (Å²) < 4.78 is 5.74. The van der Waals surface area contributed by atoms with Gasteiger partial charge in [0.15, 0.2) is 5.96 Å². The molecule has 1 rings (SSSR count). The Bertz CT molecular complexity index is 316. The van der Waals surface area contributed by atoms with Crippen molar-refractivity contribution in [2.45, 2.75) is 59.5 Å². The molecule has 0 saturated carbocycles. The van der Waals surface area contributed by atoms with Crippen molar-refractivity contribution in [2.24, 2.45) is 4.99 Å². The number of aliphatic imine (C=N–C) groups is 1. The van der Waals surface area contributed by atoms with Crippen LogP contribution in [0.25, 0.3) is 0 Å². The number of nitrogens with zero attached hydrogens (tertiary/aromatic N) is 3. The summed E-state index contributed by atoms with van der Waals surface area (Å²) in [6.07, 6.45) is 5.06. The van der Waals surface area contributed by atoms with Crippen LogP contribution in [-0.4, -0.2) is 74.3 Å². The lowest BCUT2D eigenvalue weighted by Crippen LogP contribution is -2.47. The maximum absolute atomic E-state index is 5.74. The second-order valence-corrected chi connectivity index (χ2v) is 6.11. The summed E-state index contributed by atoms with van der Waals surface area (Å²) in [5, 5.41) is 3.45. The predicted octanol–water partition coefficient (Wildman–Crippen LogP) is 3.19. The first-order chi connectivity index (χ1) is 11.2. The quantitative estimate of drug-likeness (QED) is 0.238. The van der Waals surface area contributed by atoms with E-state index in [-0.39, 0.29) is 24.0 Å². The van der Waals surface area contributed by atoms with Crippen molar-refractivity contribution in [3.8, 4) is 0 Å². The van der Waals surface area contributed by atoms with Gasteiger partial charge in [-0.15, -0.1) is 24.0 Å². The van der Waals surface area contributed by atoms with Crippen molar-refractivity contribution in [3.05, 3.63) is 0 Å². The molecule has 1 N–H and O–H groups in total. The van der Waals surface area contributed by atoms with Crippen LogP contribution >= 0.6 is 24.0 Å². The third-order valence-electron chi connectivity index (χ3n) is 4.52. The van der Waals surface area contributed by atoms with E-state index >= 15 is 0 Å². The SMILES string of the molecule is CCNC(=NCCCCN(CC)CC)N1CCC(OCC)CC1.I. The second-order valence-electron chi connectivity index (χ2n) is 6.11. The number of hydrogen-bond donors (Lipinski definition) is 1. The van der Waals surface area contributed by atoms with Crippen LogP contribution in [-0.2, 0) is 4.74 Å². The Kier molecular flexibility index (Phi) is 15.1. The Labute approximate surface area is 166 Å². The zero-order chi connectivity index (χ0) is 16.9. The minimum Gasteiger partial charge on any atom is -0.378 e. The number of rotatable bonds is 10. The molecule has 0 aromatic heterocycles. The van der Waals surface area contributed by atoms with Gasteiger partial charge in [-0.3, -0.25) is 4.99 Å². The molecule has 1 fully saturated rings. The Balaban J connectivity index is 0.00000529. The number of piperidine rings is 1. The van der Waals surface area contributed by atoms with Crippen molar-refractivity contribution in [1.29, 1.82) is 0 Å². The Morgan fingerprint density at radius 3 is 2.33 bits per heavy atom. The molecule has 1 heterocycles. The number of hydrogen-bond acceptors (Lipinski definition) is 3. The normalized spacial score (nSPS) is 16.4. The van der Waals surface area contributed by atoms with Crippen molar-refractivity contribution in [3.63, 3.8) is 0 Å². The number of likely N-dealkylation sites (tertiary alicyclic amines) is 1. The molecule has 0 spiro atoms. The van der Waals surface area contributed by atoms with Gasteiger partial charge in [0.2, 0.25) is 0 Å². The summed E-state index contributed by atoms with van der Waals surface area (Å²) in [6.45, 7) is 17.0. The van der Waals surface area contributed by atoms with E-state index in [0.717, 1.165) is 64.7 Å². The molecule has 0 aromatic rings. The highest BCUT2D eigenvalue weighted by atomic mass is 127. The predicted molar refractivity (Wildman–Crippen MR) is 115 cm³/mol. The number of nitrogens with one attached hydrogen (secondary N) is 1. The minimum absolute atomic E-state index is 0. The largest absolute Gasteiger partial charge is 0.378 e. The van der Waals surface area contributed by atoms with Crippen molar-refractivity contribution < 1.29 is 4.74 Å². The first-order valence-electron chi connectivity index (χ1n) is 9.62. The van der Waals surface area contributed by atoms with E-state index in [9.17, 15) is 0 Å². The number of ether oxygens (including phenoxy) is 1. The fraction of sp³-hybridized carbons (Fsp3) is 0.944. The Hall–Kier alpha value is -0.0800. The fourth-order valence-corrected chi connectivity index (χ4v) is 3.07. The van der Waals surface area contributed by atoms with Crippen LogP contribution in [0.1, 0.15) is 53.4 Å². The number of guanidine groups is 1. The van der Waals surface area contributed by atoms with E-state index in [2.05, 4.69) is 42.8 Å². The lowest BCUT2D eigenvalue weighted by molar-refractivity contribution is 0.0264. The van der Waals surface area contributed by atoms with Crippen LogP contribution < -0.4 is 5.32 Å². The molecule has 1 aliphatic rings. The highest BCUT2D eigenvalue weighted by molar-refractivity contribution is 14.0. The Morgan fingerprint density at radius 2 is 1.79 bits per heavy atom. The maximum atomic E-state index is 5.74. The van der Waals surface area contributed by atoms with Crippen LogP contribution in [0.4, 0.5) is 0 Å². The lowest BCUT2D eigenvalue weighted by atomic mass is 10.1. The standard InChI is InChI=1S/C18H38N4O.HI/c1-5-19-18(20-13-9-10-14-21(6-2)7-3)22-15-11-17(12-16-22)23-8-4;/h17H,5-16H2,1-4H3,(H,19,20);1H. The van der Waals surface area contributed by atoms with Crippen LogP contribution in [0.2, 0.25) is 0 Å². The van der Waals surface area contributed by atoms with Crippen LogP contribution in [0, 0.1) is 0 Å². The monoisotopic (exact) mass is 454 g/mol. The maximum Gasteiger partial charge on any atom is 0.193 e.